The molecule has 7 heteroatoms. The summed E-state index contributed by atoms with van der Waals surface area (Å²) in [5.74, 6) is 0. The molecule has 1 rings (SSSR count). The van der Waals surface area contributed by atoms with E-state index < -0.39 is 12.2 Å². The molecule has 0 aliphatic carbocycles. The summed E-state index contributed by atoms with van der Waals surface area (Å²) in [6.07, 6.45) is -2.20. The van der Waals surface area contributed by atoms with E-state index in [1.54, 1.807) is 18.2 Å². The average molecular weight is 303 g/mol. The highest BCUT2D eigenvalue weighted by atomic mass is 79.9. The highest BCUT2D eigenvalue weighted by Crippen LogP contribution is 2.16. The van der Waals surface area contributed by atoms with Crippen LogP contribution < -0.4 is 10.6 Å². The first-order chi connectivity index (χ1) is 7.97. The number of halogens is 1. The first-order valence-electron chi connectivity index (χ1n) is 4.69. The third kappa shape index (κ3) is 5.21. The number of amides is 2. The molecule has 92 valence electrons. The van der Waals surface area contributed by atoms with E-state index in [1.807, 2.05) is 0 Å². The SMILES string of the molecule is O=C(O)NCc1cc(Br)cc(CNC(=O)O)c1. The number of hydrogen-bond donors (Lipinski definition) is 4. The summed E-state index contributed by atoms with van der Waals surface area (Å²) in [5.41, 5.74) is 1.51. The van der Waals surface area contributed by atoms with Gasteiger partial charge in [-0.2, -0.15) is 0 Å². The third-order valence-electron chi connectivity index (χ3n) is 1.90. The zero-order valence-corrected chi connectivity index (χ0v) is 10.3. The number of benzene rings is 1. The Hall–Kier alpha value is -1.76. The van der Waals surface area contributed by atoms with Crippen LogP contribution in [0.4, 0.5) is 9.59 Å². The van der Waals surface area contributed by atoms with Crippen molar-refractivity contribution in [2.24, 2.45) is 0 Å². The van der Waals surface area contributed by atoms with Gasteiger partial charge in [-0.25, -0.2) is 9.59 Å². The van der Waals surface area contributed by atoms with Crippen LogP contribution in [0.2, 0.25) is 0 Å². The van der Waals surface area contributed by atoms with Crippen LogP contribution in [0.15, 0.2) is 22.7 Å². The molecule has 0 aliphatic heterocycles. The summed E-state index contributed by atoms with van der Waals surface area (Å²) < 4.78 is 0.768. The van der Waals surface area contributed by atoms with Gasteiger partial charge in [-0.1, -0.05) is 22.0 Å². The van der Waals surface area contributed by atoms with Gasteiger partial charge in [0.15, 0.2) is 0 Å². The zero-order chi connectivity index (χ0) is 12.8. The Kier molecular flexibility index (Phi) is 4.77. The summed E-state index contributed by atoms with van der Waals surface area (Å²) >= 11 is 3.28. The van der Waals surface area contributed by atoms with Crippen molar-refractivity contribution >= 4 is 28.1 Å². The molecular weight excluding hydrogens is 292 g/mol. The van der Waals surface area contributed by atoms with Crippen LogP contribution >= 0.6 is 15.9 Å². The second kappa shape index (κ2) is 6.09. The van der Waals surface area contributed by atoms with E-state index >= 15 is 0 Å². The third-order valence-corrected chi connectivity index (χ3v) is 2.36. The first-order valence-corrected chi connectivity index (χ1v) is 5.48. The van der Waals surface area contributed by atoms with Gasteiger partial charge in [-0.15, -0.1) is 0 Å². The standard InChI is InChI=1S/C10H11BrN2O4/c11-8-2-6(4-12-9(14)15)1-7(3-8)5-13-10(16)17/h1-3,12-13H,4-5H2,(H,14,15)(H,16,17). The lowest BCUT2D eigenvalue weighted by atomic mass is 10.1. The van der Waals surface area contributed by atoms with Crippen LogP contribution in [-0.4, -0.2) is 22.4 Å². The van der Waals surface area contributed by atoms with Gasteiger partial charge < -0.3 is 20.8 Å². The highest BCUT2D eigenvalue weighted by Gasteiger charge is 2.03. The average Bonchev–Trinajstić information content (AvgIpc) is 2.23. The quantitative estimate of drug-likeness (QED) is 0.683. The van der Waals surface area contributed by atoms with Gasteiger partial charge in [0.2, 0.25) is 0 Å². The van der Waals surface area contributed by atoms with Crippen molar-refractivity contribution in [2.45, 2.75) is 13.1 Å². The van der Waals surface area contributed by atoms with Crippen molar-refractivity contribution in [3.05, 3.63) is 33.8 Å². The molecule has 0 bridgehead atoms. The summed E-state index contributed by atoms with van der Waals surface area (Å²) in [5, 5.41) is 21.4. The van der Waals surface area contributed by atoms with Gasteiger partial charge >= 0.3 is 12.2 Å². The van der Waals surface area contributed by atoms with E-state index in [4.69, 9.17) is 10.2 Å². The Labute approximate surface area is 106 Å². The Balaban J connectivity index is 2.71. The fourth-order valence-electron chi connectivity index (χ4n) is 1.28. The van der Waals surface area contributed by atoms with Crippen LogP contribution in [0.3, 0.4) is 0 Å². The summed E-state index contributed by atoms with van der Waals surface area (Å²) in [6.45, 7) is 0.351. The predicted octanol–water partition coefficient (Wildman–Crippen LogP) is 1.98. The molecule has 2 amide bonds. The molecule has 17 heavy (non-hydrogen) atoms. The maximum Gasteiger partial charge on any atom is 0.404 e. The number of carboxylic acid groups (broad SMARTS) is 2. The largest absolute Gasteiger partial charge is 0.465 e. The molecule has 0 saturated carbocycles. The predicted molar refractivity (Wildman–Crippen MR) is 63.9 cm³/mol. The summed E-state index contributed by atoms with van der Waals surface area (Å²) in [4.78, 5) is 20.7. The lowest BCUT2D eigenvalue weighted by Gasteiger charge is -2.07. The monoisotopic (exact) mass is 302 g/mol. The molecule has 0 radical (unpaired) electrons. The Bertz CT molecular complexity index is 400. The maximum atomic E-state index is 10.3. The molecular formula is C10H11BrN2O4. The zero-order valence-electron chi connectivity index (χ0n) is 8.74. The van der Waals surface area contributed by atoms with Gasteiger partial charge in [-0.3, -0.25) is 0 Å². The van der Waals surface area contributed by atoms with Crippen molar-refractivity contribution in [1.82, 2.24) is 10.6 Å². The second-order valence-electron chi connectivity index (χ2n) is 3.29. The second-order valence-corrected chi connectivity index (χ2v) is 4.20. The smallest absolute Gasteiger partial charge is 0.404 e. The molecule has 0 aliphatic rings. The highest BCUT2D eigenvalue weighted by molar-refractivity contribution is 9.10. The molecule has 0 unspecified atom stereocenters. The van der Waals surface area contributed by atoms with Crippen LogP contribution in [0.1, 0.15) is 11.1 Å². The Morgan fingerprint density at radius 3 is 1.76 bits per heavy atom. The molecule has 0 aromatic heterocycles. The fourth-order valence-corrected chi connectivity index (χ4v) is 1.86. The molecule has 0 fully saturated rings. The van der Waals surface area contributed by atoms with Crippen molar-refractivity contribution < 1.29 is 19.8 Å². The molecule has 1 aromatic rings. The summed E-state index contributed by atoms with van der Waals surface area (Å²) in [6, 6.07) is 5.26. The van der Waals surface area contributed by atoms with E-state index in [9.17, 15) is 9.59 Å². The normalized spacial score (nSPS) is 9.71. The molecule has 0 heterocycles. The van der Waals surface area contributed by atoms with Crippen LogP contribution in [0, 0.1) is 0 Å². The van der Waals surface area contributed by atoms with Crippen LogP contribution in [-0.2, 0) is 13.1 Å². The van der Waals surface area contributed by atoms with Gasteiger partial charge in [-0.05, 0) is 23.3 Å². The van der Waals surface area contributed by atoms with Crippen molar-refractivity contribution in [1.29, 1.82) is 0 Å². The summed E-state index contributed by atoms with van der Waals surface area (Å²) in [7, 11) is 0. The van der Waals surface area contributed by atoms with E-state index in [2.05, 4.69) is 26.6 Å². The lowest BCUT2D eigenvalue weighted by Crippen LogP contribution is -2.21. The van der Waals surface area contributed by atoms with Crippen molar-refractivity contribution in [2.75, 3.05) is 0 Å². The molecule has 1 aromatic carbocycles. The lowest BCUT2D eigenvalue weighted by molar-refractivity contribution is 0.193. The minimum absolute atomic E-state index is 0.175. The van der Waals surface area contributed by atoms with E-state index in [0.717, 1.165) is 15.6 Å². The van der Waals surface area contributed by atoms with Gasteiger partial charge in [0, 0.05) is 17.6 Å². The number of hydrogen-bond acceptors (Lipinski definition) is 2. The van der Waals surface area contributed by atoms with Gasteiger partial charge in [0.25, 0.3) is 0 Å². The fraction of sp³-hybridized carbons (Fsp3) is 0.200. The Morgan fingerprint density at radius 1 is 1.00 bits per heavy atom. The molecule has 0 spiro atoms. The minimum atomic E-state index is -1.10. The molecule has 4 N–H and O–H groups in total. The van der Waals surface area contributed by atoms with Crippen LogP contribution in [0.5, 0.6) is 0 Å². The molecule has 6 nitrogen and oxygen atoms in total. The Morgan fingerprint density at radius 2 is 1.41 bits per heavy atom. The number of rotatable bonds is 4. The topological polar surface area (TPSA) is 98.7 Å². The van der Waals surface area contributed by atoms with Gasteiger partial charge in [0.05, 0.1) is 0 Å². The van der Waals surface area contributed by atoms with Crippen LogP contribution in [0.25, 0.3) is 0 Å². The number of carbonyl (C=O) groups is 2. The van der Waals surface area contributed by atoms with E-state index in [0.29, 0.717) is 0 Å². The maximum absolute atomic E-state index is 10.3. The minimum Gasteiger partial charge on any atom is -0.465 e. The van der Waals surface area contributed by atoms with Gasteiger partial charge in [0.1, 0.15) is 0 Å². The van der Waals surface area contributed by atoms with Crippen molar-refractivity contribution in [3.63, 3.8) is 0 Å². The molecule has 0 atom stereocenters. The molecule has 0 saturated heterocycles. The van der Waals surface area contributed by atoms with E-state index in [1.165, 1.54) is 0 Å². The first kappa shape index (κ1) is 13.3. The number of nitrogens with one attached hydrogen (secondary N) is 2. The van der Waals surface area contributed by atoms with E-state index in [-0.39, 0.29) is 13.1 Å². The van der Waals surface area contributed by atoms with Crippen molar-refractivity contribution in [3.8, 4) is 0 Å².